The number of sulfonamides is 1. The molecule has 1 aromatic carbocycles. The van der Waals surface area contributed by atoms with Crippen molar-refractivity contribution in [3.8, 4) is 0 Å². The summed E-state index contributed by atoms with van der Waals surface area (Å²) in [7, 11) is -3.72. The van der Waals surface area contributed by atoms with Crippen LogP contribution in [0, 0.1) is 0 Å². The van der Waals surface area contributed by atoms with Crippen molar-refractivity contribution in [2.45, 2.75) is 24.3 Å². The van der Waals surface area contributed by atoms with E-state index in [0.717, 1.165) is 25.2 Å². The van der Waals surface area contributed by atoms with Crippen LogP contribution in [0.3, 0.4) is 0 Å². The standard InChI is InChI=1S/C15H19N5O2S/c16-15-17-9-14(10-18-15)23(21,22)19-13-5-3-4-12(8-13)11-20-6-1-2-7-20/h3-5,8-10,19H,1-2,6-7,11H2,(H2,16,17,18). The Labute approximate surface area is 135 Å². The van der Waals surface area contributed by atoms with Crippen molar-refractivity contribution in [2.75, 3.05) is 23.5 Å². The fraction of sp³-hybridized carbons (Fsp3) is 0.333. The summed E-state index contributed by atoms with van der Waals surface area (Å²) in [5.41, 5.74) is 6.99. The molecule has 0 radical (unpaired) electrons. The largest absolute Gasteiger partial charge is 0.368 e. The maximum Gasteiger partial charge on any atom is 0.264 e. The van der Waals surface area contributed by atoms with Crippen molar-refractivity contribution in [1.29, 1.82) is 0 Å². The summed E-state index contributed by atoms with van der Waals surface area (Å²) < 4.78 is 27.2. The van der Waals surface area contributed by atoms with Gasteiger partial charge in [0.15, 0.2) is 0 Å². The molecule has 1 saturated heterocycles. The van der Waals surface area contributed by atoms with Gasteiger partial charge in [-0.05, 0) is 43.6 Å². The summed E-state index contributed by atoms with van der Waals surface area (Å²) in [4.78, 5) is 9.77. The van der Waals surface area contributed by atoms with E-state index < -0.39 is 10.0 Å². The number of hydrogen-bond donors (Lipinski definition) is 2. The lowest BCUT2D eigenvalue weighted by molar-refractivity contribution is 0.331. The molecule has 23 heavy (non-hydrogen) atoms. The molecule has 8 heteroatoms. The quantitative estimate of drug-likeness (QED) is 0.859. The van der Waals surface area contributed by atoms with Crippen molar-refractivity contribution in [1.82, 2.24) is 14.9 Å². The van der Waals surface area contributed by atoms with Crippen LogP contribution in [0.2, 0.25) is 0 Å². The molecule has 0 saturated carbocycles. The Morgan fingerprint density at radius 1 is 1.17 bits per heavy atom. The average molecular weight is 333 g/mol. The second-order valence-corrected chi connectivity index (χ2v) is 7.25. The molecule has 0 unspecified atom stereocenters. The lowest BCUT2D eigenvalue weighted by Crippen LogP contribution is -2.18. The predicted octanol–water partition coefficient (Wildman–Crippen LogP) is 1.46. The summed E-state index contributed by atoms with van der Waals surface area (Å²) in [5, 5.41) is 0. The molecule has 3 N–H and O–H groups in total. The SMILES string of the molecule is Nc1ncc(S(=O)(=O)Nc2cccc(CN3CCCC3)c2)cn1. The maximum absolute atomic E-state index is 12.3. The highest BCUT2D eigenvalue weighted by atomic mass is 32.2. The van der Waals surface area contributed by atoms with Gasteiger partial charge in [0.05, 0.1) is 12.4 Å². The first-order valence-electron chi connectivity index (χ1n) is 7.44. The first-order valence-corrected chi connectivity index (χ1v) is 8.93. The Morgan fingerprint density at radius 2 is 1.87 bits per heavy atom. The van der Waals surface area contributed by atoms with Gasteiger partial charge in [-0.1, -0.05) is 12.1 Å². The second kappa shape index (κ2) is 6.51. The lowest BCUT2D eigenvalue weighted by Gasteiger charge is -2.15. The molecule has 1 aromatic heterocycles. The van der Waals surface area contributed by atoms with E-state index in [0.29, 0.717) is 5.69 Å². The highest BCUT2D eigenvalue weighted by molar-refractivity contribution is 7.92. The molecule has 7 nitrogen and oxygen atoms in total. The predicted molar refractivity (Wildman–Crippen MR) is 88.2 cm³/mol. The molecular weight excluding hydrogens is 314 g/mol. The van der Waals surface area contributed by atoms with Gasteiger partial charge in [-0.2, -0.15) is 0 Å². The molecule has 2 aromatic rings. The van der Waals surface area contributed by atoms with E-state index in [1.807, 2.05) is 18.2 Å². The molecule has 1 aliphatic heterocycles. The van der Waals surface area contributed by atoms with Crippen molar-refractivity contribution in [3.63, 3.8) is 0 Å². The van der Waals surface area contributed by atoms with Gasteiger partial charge in [-0.15, -0.1) is 0 Å². The van der Waals surface area contributed by atoms with E-state index in [2.05, 4.69) is 19.6 Å². The van der Waals surface area contributed by atoms with Crippen LogP contribution in [0.15, 0.2) is 41.6 Å². The molecule has 0 atom stereocenters. The van der Waals surface area contributed by atoms with Crippen LogP contribution in [-0.4, -0.2) is 36.4 Å². The van der Waals surface area contributed by atoms with Gasteiger partial charge in [0.2, 0.25) is 5.95 Å². The highest BCUT2D eigenvalue weighted by Crippen LogP contribution is 2.19. The third-order valence-electron chi connectivity index (χ3n) is 3.74. The smallest absolute Gasteiger partial charge is 0.264 e. The van der Waals surface area contributed by atoms with Crippen molar-refractivity contribution < 1.29 is 8.42 Å². The molecule has 1 fully saturated rings. The fourth-order valence-corrected chi connectivity index (χ4v) is 3.55. The van der Waals surface area contributed by atoms with E-state index >= 15 is 0 Å². The lowest BCUT2D eigenvalue weighted by atomic mass is 10.2. The monoisotopic (exact) mass is 333 g/mol. The van der Waals surface area contributed by atoms with Crippen molar-refractivity contribution in [2.24, 2.45) is 0 Å². The third-order valence-corrected chi connectivity index (χ3v) is 5.08. The second-order valence-electron chi connectivity index (χ2n) is 5.57. The molecule has 0 aliphatic carbocycles. The third kappa shape index (κ3) is 3.96. The Bertz CT molecular complexity index is 771. The summed E-state index contributed by atoms with van der Waals surface area (Å²) in [6.45, 7) is 3.03. The number of nitrogens with two attached hydrogens (primary N) is 1. The summed E-state index contributed by atoms with van der Waals surface area (Å²) in [5.74, 6) is 0.0385. The van der Waals surface area contributed by atoms with Crippen molar-refractivity contribution >= 4 is 21.7 Å². The first kappa shape index (κ1) is 15.7. The molecule has 0 amide bonds. The number of nitrogens with zero attached hydrogens (tertiary/aromatic N) is 3. The average Bonchev–Trinajstić information content (AvgIpc) is 3.00. The number of likely N-dealkylation sites (tertiary alicyclic amines) is 1. The zero-order valence-corrected chi connectivity index (χ0v) is 13.5. The highest BCUT2D eigenvalue weighted by Gasteiger charge is 2.16. The van der Waals surface area contributed by atoms with Gasteiger partial charge >= 0.3 is 0 Å². The maximum atomic E-state index is 12.3. The van der Waals surface area contributed by atoms with Crippen LogP contribution < -0.4 is 10.5 Å². The molecular formula is C15H19N5O2S. The van der Waals surface area contributed by atoms with Crippen LogP contribution in [0.1, 0.15) is 18.4 Å². The van der Waals surface area contributed by atoms with Gasteiger partial charge < -0.3 is 5.73 Å². The van der Waals surface area contributed by atoms with E-state index in [9.17, 15) is 8.42 Å². The Morgan fingerprint density at radius 3 is 2.57 bits per heavy atom. The number of nitrogen functional groups attached to an aromatic ring is 1. The normalized spacial score (nSPS) is 15.7. The van der Waals surface area contributed by atoms with Crippen molar-refractivity contribution in [3.05, 3.63) is 42.2 Å². The van der Waals surface area contributed by atoms with Crippen LogP contribution in [-0.2, 0) is 16.6 Å². The molecule has 0 bridgehead atoms. The summed E-state index contributed by atoms with van der Waals surface area (Å²) in [6, 6.07) is 7.43. The summed E-state index contributed by atoms with van der Waals surface area (Å²) in [6.07, 6.45) is 4.84. The van der Waals surface area contributed by atoms with Gasteiger partial charge in [-0.3, -0.25) is 9.62 Å². The first-order chi connectivity index (χ1) is 11.0. The van der Waals surface area contributed by atoms with E-state index in [4.69, 9.17) is 5.73 Å². The Kier molecular flexibility index (Phi) is 4.44. The van der Waals surface area contributed by atoms with Crippen LogP contribution in [0.25, 0.3) is 0 Å². The zero-order valence-electron chi connectivity index (χ0n) is 12.6. The number of aromatic nitrogens is 2. The number of anilines is 2. The van der Waals surface area contributed by atoms with E-state index in [1.54, 1.807) is 6.07 Å². The zero-order chi connectivity index (χ0) is 16.3. The minimum absolute atomic E-state index is 0.0170. The van der Waals surface area contributed by atoms with Gasteiger partial charge in [0.25, 0.3) is 10.0 Å². The summed E-state index contributed by atoms with van der Waals surface area (Å²) >= 11 is 0. The van der Waals surface area contributed by atoms with Crippen LogP contribution >= 0.6 is 0 Å². The number of rotatable bonds is 5. The van der Waals surface area contributed by atoms with Gasteiger partial charge in [-0.25, -0.2) is 18.4 Å². The van der Waals surface area contributed by atoms with E-state index in [-0.39, 0.29) is 10.8 Å². The van der Waals surface area contributed by atoms with Gasteiger partial charge in [0, 0.05) is 12.2 Å². The Hall–Kier alpha value is -2.19. The van der Waals surface area contributed by atoms with Crippen LogP contribution in [0.4, 0.5) is 11.6 Å². The molecule has 1 aliphatic rings. The topological polar surface area (TPSA) is 101 Å². The number of benzene rings is 1. The number of nitrogens with one attached hydrogen (secondary N) is 1. The molecule has 3 rings (SSSR count). The Balaban J connectivity index is 1.75. The molecule has 2 heterocycles. The molecule has 122 valence electrons. The van der Waals surface area contributed by atoms with Gasteiger partial charge in [0.1, 0.15) is 4.90 Å². The minimum atomic E-state index is -3.72. The van der Waals surface area contributed by atoms with Crippen LogP contribution in [0.5, 0.6) is 0 Å². The number of hydrogen-bond acceptors (Lipinski definition) is 6. The fourth-order valence-electron chi connectivity index (χ4n) is 2.61. The molecule has 0 spiro atoms. The van der Waals surface area contributed by atoms with E-state index in [1.165, 1.54) is 25.2 Å². The minimum Gasteiger partial charge on any atom is -0.368 e.